The molecule has 0 aliphatic heterocycles. The lowest BCUT2D eigenvalue weighted by Crippen LogP contribution is -2.35. The van der Waals surface area contributed by atoms with Crippen molar-refractivity contribution in [3.63, 3.8) is 0 Å². The molecule has 4 heterocycles. The second-order valence-corrected chi connectivity index (χ2v) is 14.5. The van der Waals surface area contributed by atoms with Crippen molar-refractivity contribution in [1.82, 2.24) is 60.1 Å². The highest BCUT2D eigenvalue weighted by atomic mass is 16.6. The van der Waals surface area contributed by atoms with Gasteiger partial charge in [0.25, 0.3) is 0 Å². The molecular formula is C34H42N14O4. The summed E-state index contributed by atoms with van der Waals surface area (Å²) in [5, 5.41) is 32.7. The average Bonchev–Trinajstić information content (AvgIpc) is 4.01. The van der Waals surface area contributed by atoms with Crippen LogP contribution in [0.1, 0.15) is 140 Å². The molecule has 2 aliphatic rings. The molecular weight excluding hydrogens is 668 g/mol. The maximum atomic E-state index is 12.1. The summed E-state index contributed by atoms with van der Waals surface area (Å²) in [4.78, 5) is 49.5. The Morgan fingerprint density at radius 3 is 1.38 bits per heavy atom. The number of ether oxygens (including phenoxy) is 2. The number of nitriles is 2. The van der Waals surface area contributed by atoms with E-state index in [1.54, 1.807) is 64.8 Å². The van der Waals surface area contributed by atoms with Gasteiger partial charge in [-0.05, 0) is 81.1 Å². The number of rotatable bonds is 8. The molecule has 52 heavy (non-hydrogen) atoms. The van der Waals surface area contributed by atoms with Crippen molar-refractivity contribution < 1.29 is 19.1 Å². The maximum Gasteiger partial charge on any atom is 0.408 e. The van der Waals surface area contributed by atoms with Crippen molar-refractivity contribution in [2.24, 2.45) is 0 Å². The van der Waals surface area contributed by atoms with Gasteiger partial charge in [0.15, 0.2) is 34.9 Å². The molecule has 2 N–H and O–H groups in total. The largest absolute Gasteiger partial charge is 0.444 e. The molecule has 2 fully saturated rings. The molecule has 0 radical (unpaired) electrons. The van der Waals surface area contributed by atoms with Crippen LogP contribution in [0.3, 0.4) is 0 Å². The summed E-state index contributed by atoms with van der Waals surface area (Å²) < 4.78 is 13.7. The zero-order valence-electron chi connectivity index (χ0n) is 30.4. The molecule has 2 atom stereocenters. The number of carbonyl (C=O) groups excluding carboxylic acids is 2. The molecule has 6 rings (SSSR count). The number of hydrogen-bond acceptors (Lipinski definition) is 14. The summed E-state index contributed by atoms with van der Waals surface area (Å²) in [5.74, 6) is 4.03. The van der Waals surface area contributed by atoms with E-state index in [0.717, 1.165) is 37.3 Å². The molecule has 0 spiro atoms. The SMILES string of the molecule is C[C@H](NC(=O)OC(C)(C)C)c1nc(C2CC2)nn1-c1cc(C#N)ncn1.C[C@H](NC(=O)OC(C)(C)C)c1nc(C2CC2)nn1-c1cc(C#N)ncn1. The normalized spacial score (nSPS) is 15.2. The van der Waals surface area contributed by atoms with E-state index in [1.165, 1.54) is 24.8 Å². The third kappa shape index (κ3) is 10.0. The van der Waals surface area contributed by atoms with Crippen LogP contribution in [0, 0.1) is 22.7 Å². The van der Waals surface area contributed by atoms with E-state index in [2.05, 4.69) is 50.7 Å². The van der Waals surface area contributed by atoms with Crippen LogP contribution < -0.4 is 10.6 Å². The summed E-state index contributed by atoms with van der Waals surface area (Å²) in [7, 11) is 0. The van der Waals surface area contributed by atoms with Crippen LogP contribution in [0.25, 0.3) is 11.6 Å². The highest BCUT2D eigenvalue weighted by Crippen LogP contribution is 2.39. The fraction of sp³-hybridized carbons (Fsp3) is 0.529. The number of carbonyl (C=O) groups is 2. The quantitative estimate of drug-likeness (QED) is 0.250. The predicted octanol–water partition coefficient (Wildman–Crippen LogP) is 4.78. The number of alkyl carbamates (subject to hydrolysis) is 2. The van der Waals surface area contributed by atoms with Gasteiger partial charge in [0.1, 0.15) is 47.4 Å². The van der Waals surface area contributed by atoms with Gasteiger partial charge in [0.2, 0.25) is 0 Å². The van der Waals surface area contributed by atoms with Crippen molar-refractivity contribution in [3.05, 3.63) is 59.5 Å². The highest BCUT2D eigenvalue weighted by molar-refractivity contribution is 5.68. The second kappa shape index (κ2) is 15.1. The first-order chi connectivity index (χ1) is 24.5. The number of hydrogen-bond donors (Lipinski definition) is 2. The van der Waals surface area contributed by atoms with Crippen LogP contribution >= 0.6 is 0 Å². The monoisotopic (exact) mass is 710 g/mol. The minimum Gasteiger partial charge on any atom is -0.444 e. The third-order valence-corrected chi connectivity index (χ3v) is 7.39. The molecule has 0 aromatic carbocycles. The Morgan fingerprint density at radius 1 is 0.712 bits per heavy atom. The van der Waals surface area contributed by atoms with Gasteiger partial charge in [-0.25, -0.2) is 39.5 Å². The molecule has 2 aliphatic carbocycles. The molecule has 4 aromatic heterocycles. The number of nitrogens with one attached hydrogen (secondary N) is 2. The summed E-state index contributed by atoms with van der Waals surface area (Å²) in [6.45, 7) is 14.4. The van der Waals surface area contributed by atoms with Crippen LogP contribution in [-0.4, -0.2) is 72.9 Å². The molecule has 18 nitrogen and oxygen atoms in total. The zero-order valence-corrected chi connectivity index (χ0v) is 30.4. The van der Waals surface area contributed by atoms with Gasteiger partial charge in [-0.2, -0.15) is 19.9 Å². The maximum absolute atomic E-state index is 12.1. The fourth-order valence-corrected chi connectivity index (χ4v) is 4.75. The standard InChI is InChI=1S/2C17H21N7O2/c2*1-10(21-16(25)26-17(2,3)4)15-22-14(11-5-6-11)23-24(15)13-7-12(8-18)19-9-20-13/h2*7,9-11H,5-6H2,1-4H3,(H,21,25)/t2*10-/m00/s1. The first kappa shape index (κ1) is 37.2. The van der Waals surface area contributed by atoms with Crippen LogP contribution in [0.5, 0.6) is 0 Å². The first-order valence-electron chi connectivity index (χ1n) is 16.9. The van der Waals surface area contributed by atoms with E-state index in [1.807, 2.05) is 12.1 Å². The van der Waals surface area contributed by atoms with Crippen molar-refractivity contribution in [3.8, 4) is 23.8 Å². The molecule has 2 saturated carbocycles. The molecule has 0 saturated heterocycles. The van der Waals surface area contributed by atoms with Crippen molar-refractivity contribution in [1.29, 1.82) is 10.5 Å². The number of aromatic nitrogens is 10. The summed E-state index contributed by atoms with van der Waals surface area (Å²) in [6, 6.07) is 6.13. The van der Waals surface area contributed by atoms with Crippen molar-refractivity contribution >= 4 is 12.2 Å². The van der Waals surface area contributed by atoms with Gasteiger partial charge in [0.05, 0.1) is 12.1 Å². The zero-order chi connectivity index (χ0) is 37.8. The van der Waals surface area contributed by atoms with Gasteiger partial charge < -0.3 is 20.1 Å². The Labute approximate surface area is 301 Å². The molecule has 2 amide bonds. The van der Waals surface area contributed by atoms with Gasteiger partial charge in [-0.15, -0.1) is 10.2 Å². The summed E-state index contributed by atoms with van der Waals surface area (Å²) in [5.41, 5.74) is -0.718. The van der Waals surface area contributed by atoms with Crippen LogP contribution in [0.15, 0.2) is 24.8 Å². The van der Waals surface area contributed by atoms with Gasteiger partial charge in [-0.3, -0.25) is 0 Å². The average molecular weight is 711 g/mol. The van der Waals surface area contributed by atoms with Crippen LogP contribution in [-0.2, 0) is 9.47 Å². The van der Waals surface area contributed by atoms with Crippen LogP contribution in [0.2, 0.25) is 0 Å². The lowest BCUT2D eigenvalue weighted by atomic mass is 10.2. The lowest BCUT2D eigenvalue weighted by Gasteiger charge is -2.21. The van der Waals surface area contributed by atoms with E-state index in [4.69, 9.17) is 20.0 Å². The molecule has 4 aromatic rings. The Bertz CT molecular complexity index is 1860. The molecule has 0 unspecified atom stereocenters. The Kier molecular flexibility index (Phi) is 10.8. The first-order valence-corrected chi connectivity index (χ1v) is 16.9. The topological polar surface area (TPSA) is 237 Å². The molecule has 0 bridgehead atoms. The summed E-state index contributed by atoms with van der Waals surface area (Å²) >= 11 is 0. The van der Waals surface area contributed by atoms with E-state index < -0.39 is 35.5 Å². The molecule has 18 heteroatoms. The Morgan fingerprint density at radius 2 is 1.08 bits per heavy atom. The van der Waals surface area contributed by atoms with Crippen molar-refractivity contribution in [2.45, 2.75) is 116 Å². The van der Waals surface area contributed by atoms with Crippen molar-refractivity contribution in [2.75, 3.05) is 0 Å². The number of nitrogens with zero attached hydrogens (tertiary/aromatic N) is 12. The van der Waals surface area contributed by atoms with E-state index >= 15 is 0 Å². The van der Waals surface area contributed by atoms with E-state index in [-0.39, 0.29) is 11.4 Å². The number of amides is 2. The van der Waals surface area contributed by atoms with Gasteiger partial charge in [-0.1, -0.05) is 0 Å². The molecule has 272 valence electrons. The minimum absolute atomic E-state index is 0.233. The van der Waals surface area contributed by atoms with Gasteiger partial charge >= 0.3 is 12.2 Å². The third-order valence-electron chi connectivity index (χ3n) is 7.39. The smallest absolute Gasteiger partial charge is 0.408 e. The fourth-order valence-electron chi connectivity index (χ4n) is 4.75. The predicted molar refractivity (Wildman–Crippen MR) is 183 cm³/mol. The van der Waals surface area contributed by atoms with E-state index in [0.29, 0.717) is 35.1 Å². The Hall–Kier alpha value is -6.04. The van der Waals surface area contributed by atoms with Gasteiger partial charge in [0, 0.05) is 24.0 Å². The lowest BCUT2D eigenvalue weighted by molar-refractivity contribution is 0.0493. The summed E-state index contributed by atoms with van der Waals surface area (Å²) in [6.07, 6.45) is 5.73. The Balaban J connectivity index is 0.000000201. The van der Waals surface area contributed by atoms with E-state index in [9.17, 15) is 9.59 Å². The second-order valence-electron chi connectivity index (χ2n) is 14.5. The minimum atomic E-state index is -0.592. The highest BCUT2D eigenvalue weighted by Gasteiger charge is 2.33. The van der Waals surface area contributed by atoms with Crippen LogP contribution in [0.4, 0.5) is 9.59 Å².